The molecule has 2 aromatic carbocycles. The predicted octanol–water partition coefficient (Wildman–Crippen LogP) is 3.92. The fourth-order valence-corrected chi connectivity index (χ4v) is 3.84. The number of anilines is 1. The lowest BCUT2D eigenvalue weighted by Crippen LogP contribution is -2.23. The predicted molar refractivity (Wildman–Crippen MR) is 95.9 cm³/mol. The molecule has 1 aliphatic rings. The number of rotatable bonds is 3. The Labute approximate surface area is 136 Å². The van der Waals surface area contributed by atoms with Crippen LogP contribution in [0.1, 0.15) is 22.6 Å². The molecule has 4 heteroatoms. The zero-order chi connectivity index (χ0) is 15.5. The first kappa shape index (κ1) is 15.0. The Balaban J connectivity index is 1.64. The van der Waals surface area contributed by atoms with Crippen molar-refractivity contribution >= 4 is 23.4 Å². The van der Waals surface area contributed by atoms with Gasteiger partial charge in [-0.05, 0) is 48.7 Å². The lowest BCUT2D eigenvalue weighted by Gasteiger charge is -2.10. The number of nitrogens with one attached hydrogen (secondary N) is 1. The third kappa shape index (κ3) is 3.28. The van der Waals surface area contributed by atoms with E-state index in [1.165, 1.54) is 21.6 Å². The van der Waals surface area contributed by atoms with Gasteiger partial charge in [-0.25, -0.2) is 0 Å². The minimum atomic E-state index is 0.460. The maximum atomic E-state index is 6.02. The molecule has 0 bridgehead atoms. The van der Waals surface area contributed by atoms with E-state index in [9.17, 15) is 0 Å². The molecule has 0 saturated carbocycles. The van der Waals surface area contributed by atoms with Crippen molar-refractivity contribution < 1.29 is 0 Å². The van der Waals surface area contributed by atoms with Crippen LogP contribution in [0, 0.1) is 13.8 Å². The van der Waals surface area contributed by atoms with Crippen LogP contribution in [0.15, 0.2) is 52.4 Å². The minimum absolute atomic E-state index is 0.460. The number of hydrogen-bond donors (Lipinski definition) is 2. The first-order chi connectivity index (χ1) is 10.6. The second-order valence-corrected chi connectivity index (χ2v) is 6.76. The van der Waals surface area contributed by atoms with E-state index in [0.29, 0.717) is 11.9 Å². The normalized spacial score (nSPS) is 17.4. The molecule has 0 radical (unpaired) electrons. The van der Waals surface area contributed by atoms with Crippen molar-refractivity contribution in [3.8, 4) is 0 Å². The van der Waals surface area contributed by atoms with Gasteiger partial charge in [0, 0.05) is 22.3 Å². The van der Waals surface area contributed by atoms with Gasteiger partial charge in [0.1, 0.15) is 0 Å². The number of thioether (sulfide) groups is 1. The molecule has 1 heterocycles. The maximum absolute atomic E-state index is 6.02. The van der Waals surface area contributed by atoms with Crippen LogP contribution in [0.3, 0.4) is 0 Å². The molecule has 2 aromatic rings. The van der Waals surface area contributed by atoms with Gasteiger partial charge in [0.15, 0.2) is 5.96 Å². The van der Waals surface area contributed by atoms with Gasteiger partial charge in [0.25, 0.3) is 0 Å². The smallest absolute Gasteiger partial charge is 0.193 e. The fourth-order valence-electron chi connectivity index (χ4n) is 2.60. The Morgan fingerprint density at radius 1 is 1.23 bits per heavy atom. The number of aryl methyl sites for hydroxylation is 2. The standard InChI is InChI=1S/C18H21N3S/c1-12-7-8-15(9-13(12)2)21-18(19)20-10-14-11-22-17-6-4-3-5-16(14)17/h3-9,14H,10-11H2,1-2H3,(H3,19,20,21). The summed E-state index contributed by atoms with van der Waals surface area (Å²) in [6.07, 6.45) is 0. The van der Waals surface area contributed by atoms with E-state index in [1.54, 1.807) is 0 Å². The van der Waals surface area contributed by atoms with Crippen LogP contribution in [-0.4, -0.2) is 18.3 Å². The van der Waals surface area contributed by atoms with Crippen molar-refractivity contribution in [1.82, 2.24) is 0 Å². The summed E-state index contributed by atoms with van der Waals surface area (Å²) in [6.45, 7) is 4.93. The second kappa shape index (κ2) is 6.44. The van der Waals surface area contributed by atoms with Crippen LogP contribution in [0.25, 0.3) is 0 Å². The van der Waals surface area contributed by atoms with Gasteiger partial charge < -0.3 is 11.1 Å². The topological polar surface area (TPSA) is 50.4 Å². The highest BCUT2D eigenvalue weighted by Crippen LogP contribution is 2.39. The van der Waals surface area contributed by atoms with Crippen LogP contribution < -0.4 is 11.1 Å². The molecule has 1 unspecified atom stereocenters. The average molecular weight is 311 g/mol. The van der Waals surface area contributed by atoms with Crippen LogP contribution in [-0.2, 0) is 0 Å². The van der Waals surface area contributed by atoms with Crippen molar-refractivity contribution in [3.05, 3.63) is 59.2 Å². The fraction of sp³-hybridized carbons (Fsp3) is 0.278. The summed E-state index contributed by atoms with van der Waals surface area (Å²) in [6, 6.07) is 14.8. The summed E-state index contributed by atoms with van der Waals surface area (Å²) >= 11 is 1.90. The molecule has 0 fully saturated rings. The number of benzene rings is 2. The summed E-state index contributed by atoms with van der Waals surface area (Å²) in [7, 11) is 0. The van der Waals surface area contributed by atoms with E-state index in [0.717, 1.165) is 18.0 Å². The highest BCUT2D eigenvalue weighted by atomic mass is 32.2. The maximum Gasteiger partial charge on any atom is 0.193 e. The van der Waals surface area contributed by atoms with Crippen LogP contribution in [0.2, 0.25) is 0 Å². The Morgan fingerprint density at radius 2 is 2.05 bits per heavy atom. The van der Waals surface area contributed by atoms with Gasteiger partial charge in [-0.2, -0.15) is 0 Å². The van der Waals surface area contributed by atoms with E-state index >= 15 is 0 Å². The summed E-state index contributed by atoms with van der Waals surface area (Å²) in [5, 5.41) is 3.18. The van der Waals surface area contributed by atoms with Gasteiger partial charge in [0.05, 0.1) is 6.54 Å². The quantitative estimate of drug-likeness (QED) is 0.667. The molecule has 0 saturated heterocycles. The molecule has 22 heavy (non-hydrogen) atoms. The van der Waals surface area contributed by atoms with Crippen molar-refractivity contribution in [2.75, 3.05) is 17.6 Å². The van der Waals surface area contributed by atoms with E-state index in [4.69, 9.17) is 5.73 Å². The molecule has 0 aromatic heterocycles. The number of hydrogen-bond acceptors (Lipinski definition) is 2. The highest BCUT2D eigenvalue weighted by Gasteiger charge is 2.22. The lowest BCUT2D eigenvalue weighted by atomic mass is 10.0. The third-order valence-corrected chi connectivity index (χ3v) is 5.31. The molecule has 114 valence electrons. The Kier molecular flexibility index (Phi) is 4.39. The molecule has 0 aliphatic carbocycles. The van der Waals surface area contributed by atoms with Crippen LogP contribution in [0.4, 0.5) is 5.69 Å². The van der Waals surface area contributed by atoms with Gasteiger partial charge in [0.2, 0.25) is 0 Å². The van der Waals surface area contributed by atoms with E-state index in [-0.39, 0.29) is 0 Å². The Morgan fingerprint density at radius 3 is 2.86 bits per heavy atom. The number of nitrogens with zero attached hydrogens (tertiary/aromatic N) is 1. The van der Waals surface area contributed by atoms with Gasteiger partial charge >= 0.3 is 0 Å². The van der Waals surface area contributed by atoms with Crippen molar-refractivity contribution in [2.45, 2.75) is 24.7 Å². The third-order valence-electron chi connectivity index (χ3n) is 4.06. The van der Waals surface area contributed by atoms with Gasteiger partial charge in [-0.1, -0.05) is 24.3 Å². The molecule has 3 N–H and O–H groups in total. The number of nitrogens with two attached hydrogens (primary N) is 1. The molecular formula is C18H21N3S. The first-order valence-corrected chi connectivity index (χ1v) is 8.48. The van der Waals surface area contributed by atoms with Crippen molar-refractivity contribution in [1.29, 1.82) is 0 Å². The van der Waals surface area contributed by atoms with Crippen molar-refractivity contribution in [2.24, 2.45) is 10.7 Å². The zero-order valence-electron chi connectivity index (χ0n) is 13.0. The van der Waals surface area contributed by atoms with Crippen LogP contribution in [0.5, 0.6) is 0 Å². The SMILES string of the molecule is Cc1ccc(NC(N)=NCC2CSc3ccccc32)cc1C. The number of aliphatic imine (C=N–C) groups is 1. The van der Waals surface area contributed by atoms with E-state index in [1.807, 2.05) is 17.8 Å². The molecule has 1 atom stereocenters. The number of guanidine groups is 1. The molecular weight excluding hydrogens is 290 g/mol. The van der Waals surface area contributed by atoms with E-state index < -0.39 is 0 Å². The Bertz CT molecular complexity index is 709. The molecule has 0 amide bonds. The second-order valence-electron chi connectivity index (χ2n) is 5.70. The summed E-state index contributed by atoms with van der Waals surface area (Å²) < 4.78 is 0. The average Bonchev–Trinajstić information content (AvgIpc) is 2.92. The Hall–Kier alpha value is -1.94. The minimum Gasteiger partial charge on any atom is -0.370 e. The highest BCUT2D eigenvalue weighted by molar-refractivity contribution is 7.99. The monoisotopic (exact) mass is 311 g/mol. The van der Waals surface area contributed by atoms with E-state index in [2.05, 4.69) is 60.6 Å². The zero-order valence-corrected chi connectivity index (χ0v) is 13.8. The lowest BCUT2D eigenvalue weighted by molar-refractivity contribution is 0.787. The number of fused-ring (bicyclic) bond motifs is 1. The summed E-state index contributed by atoms with van der Waals surface area (Å²) in [5.74, 6) is 2.03. The molecule has 3 nitrogen and oxygen atoms in total. The van der Waals surface area contributed by atoms with Gasteiger partial charge in [-0.15, -0.1) is 11.8 Å². The molecule has 0 spiro atoms. The first-order valence-electron chi connectivity index (χ1n) is 7.49. The van der Waals surface area contributed by atoms with Crippen molar-refractivity contribution in [3.63, 3.8) is 0 Å². The largest absolute Gasteiger partial charge is 0.370 e. The molecule has 3 rings (SSSR count). The summed E-state index contributed by atoms with van der Waals surface area (Å²) in [5.41, 5.74) is 10.9. The summed E-state index contributed by atoms with van der Waals surface area (Å²) in [4.78, 5) is 5.90. The molecule has 1 aliphatic heterocycles. The van der Waals surface area contributed by atoms with Gasteiger partial charge in [-0.3, -0.25) is 4.99 Å². The van der Waals surface area contributed by atoms with Crippen LogP contribution >= 0.6 is 11.8 Å².